The minimum absolute atomic E-state index is 0. The van der Waals surface area contributed by atoms with Crippen LogP contribution in [0.15, 0.2) is 0 Å². The van der Waals surface area contributed by atoms with E-state index in [4.69, 9.17) is 47.1 Å². The molecule has 17 heteroatoms. The van der Waals surface area contributed by atoms with Crippen LogP contribution >= 0.6 is 0 Å². The molecule has 17 heavy (non-hydrogen) atoms. The van der Waals surface area contributed by atoms with E-state index in [2.05, 4.69) is 0 Å². The molecule has 0 fully saturated rings. The van der Waals surface area contributed by atoms with Crippen LogP contribution in [-0.2, 0) is 73.4 Å². The molecule has 0 bridgehead atoms. The van der Waals surface area contributed by atoms with Gasteiger partial charge in [-0.3, -0.25) is 0 Å². The molecular formula is KMn3O12Pb. The Kier molecular flexibility index (Phi) is 24.5. The van der Waals surface area contributed by atoms with E-state index in [-0.39, 0.29) is 78.7 Å². The SMILES string of the molecule is [K+].[O]=[Mn](=[O])(=[O])[O-].[O]=[Mn](=[O])(=[O])[O-].[O]=[Mn](=[O])(=[O])[O-].[Pb+2]. The third-order valence-electron chi connectivity index (χ3n) is 0. The predicted octanol–water partition coefficient (Wildman–Crippen LogP) is -8.02. The normalized spacial score (nSPS) is 10.1. The molecule has 0 aliphatic carbocycles. The van der Waals surface area contributed by atoms with E-state index in [9.17, 15) is 0 Å². The van der Waals surface area contributed by atoms with Gasteiger partial charge in [0.05, 0.1) is 0 Å². The minimum Gasteiger partial charge on any atom is 2.00 e. The summed E-state index contributed by atoms with van der Waals surface area (Å²) in [5.41, 5.74) is 0. The molecule has 98 valence electrons. The summed E-state index contributed by atoms with van der Waals surface area (Å²) in [6, 6.07) is 0. The predicted molar refractivity (Wildman–Crippen MR) is 11.9 cm³/mol. The second kappa shape index (κ2) is 13.2. The molecule has 0 unspecified atom stereocenters. The zero-order valence-electron chi connectivity index (χ0n) is 7.53. The molecule has 2 radical (unpaired) electrons. The zero-order chi connectivity index (χ0) is 13.5. The van der Waals surface area contributed by atoms with Gasteiger partial charge < -0.3 is 0 Å². The molecule has 0 aromatic heterocycles. The second-order valence-corrected chi connectivity index (χ2v) is 4.68. The van der Waals surface area contributed by atoms with E-state index < -0.39 is 38.9 Å². The molecule has 0 rings (SSSR count). The molecule has 0 saturated heterocycles. The molecule has 0 aliphatic rings. The van der Waals surface area contributed by atoms with Crippen molar-refractivity contribution in [1.82, 2.24) is 0 Å². The van der Waals surface area contributed by atoms with Gasteiger partial charge in [0.15, 0.2) is 0 Å². The number of hydrogen-bond acceptors (Lipinski definition) is 12. The molecular weight excluding hydrogens is 603 g/mol. The molecule has 0 spiro atoms. The molecule has 0 amide bonds. The van der Waals surface area contributed by atoms with Gasteiger partial charge in [-0.2, -0.15) is 0 Å². The number of hydrogen-bond donors (Lipinski definition) is 0. The van der Waals surface area contributed by atoms with Gasteiger partial charge in [0.2, 0.25) is 0 Å². The average Bonchev–Trinajstić information content (AvgIpc) is 1.41. The van der Waals surface area contributed by atoms with Crippen molar-refractivity contribution in [3.63, 3.8) is 0 Å². The van der Waals surface area contributed by atoms with Crippen LogP contribution in [0.1, 0.15) is 0 Å². The van der Waals surface area contributed by atoms with E-state index >= 15 is 0 Å². The fourth-order valence-electron chi connectivity index (χ4n) is 0. The first-order valence-electron chi connectivity index (χ1n) is 1.85. The Balaban J connectivity index is -0.0000000400. The van der Waals surface area contributed by atoms with E-state index in [1.807, 2.05) is 0 Å². The Labute approximate surface area is 161 Å². The van der Waals surface area contributed by atoms with E-state index in [0.29, 0.717) is 0 Å². The van der Waals surface area contributed by atoms with E-state index in [0.717, 1.165) is 0 Å². The third-order valence-corrected chi connectivity index (χ3v) is 0. The van der Waals surface area contributed by atoms with Crippen LogP contribution in [0.4, 0.5) is 0 Å². The maximum atomic E-state index is 8.58. The Morgan fingerprint density at radius 1 is 0.471 bits per heavy atom. The van der Waals surface area contributed by atoms with E-state index in [1.54, 1.807) is 0 Å². The van der Waals surface area contributed by atoms with Crippen LogP contribution in [0.3, 0.4) is 0 Å². The fourth-order valence-corrected chi connectivity index (χ4v) is 0. The van der Waals surface area contributed by atoms with Crippen LogP contribution < -0.4 is 64.0 Å². The maximum absolute atomic E-state index is 8.58. The van der Waals surface area contributed by atoms with Gasteiger partial charge in [-0.05, 0) is 0 Å². The molecule has 0 aromatic rings. The van der Waals surface area contributed by atoms with Gasteiger partial charge in [-0.15, -0.1) is 0 Å². The standard InChI is InChI=1S/K.3Mn.12O.Pb/q+1;;;;;;;;;;;;;3*-1;+2. The van der Waals surface area contributed by atoms with Crippen LogP contribution in [0, 0.1) is 0 Å². The molecule has 12 nitrogen and oxygen atoms in total. The van der Waals surface area contributed by atoms with Gasteiger partial charge in [0.1, 0.15) is 0 Å². The van der Waals surface area contributed by atoms with Gasteiger partial charge in [-0.25, -0.2) is 0 Å². The van der Waals surface area contributed by atoms with Crippen LogP contribution in [0.25, 0.3) is 0 Å². The summed E-state index contributed by atoms with van der Waals surface area (Å²) in [5, 5.41) is 0. The fraction of sp³-hybridized carbons (Fsp3) is 0. The van der Waals surface area contributed by atoms with Crippen molar-refractivity contribution in [2.75, 3.05) is 0 Å². The van der Waals surface area contributed by atoms with Crippen molar-refractivity contribution in [3.8, 4) is 0 Å². The first-order chi connectivity index (χ1) is 6.00. The quantitative estimate of drug-likeness (QED) is 0.236. The average molecular weight is 603 g/mol. The Morgan fingerprint density at radius 3 is 0.471 bits per heavy atom. The molecule has 0 saturated carbocycles. The van der Waals surface area contributed by atoms with E-state index in [1.165, 1.54) is 0 Å². The molecule has 0 N–H and O–H groups in total. The first kappa shape index (κ1) is 31.5. The Bertz CT molecular complexity index is 485. The molecule has 0 heterocycles. The summed E-state index contributed by atoms with van der Waals surface area (Å²) in [7, 11) is 0. The Hall–Kier alpha value is 2.20. The molecule has 0 aliphatic heterocycles. The molecule has 0 aromatic carbocycles. The van der Waals surface area contributed by atoms with Crippen LogP contribution in [-0.4, -0.2) is 27.3 Å². The van der Waals surface area contributed by atoms with Crippen LogP contribution in [0.5, 0.6) is 0 Å². The molecule has 0 atom stereocenters. The smallest absolute Gasteiger partial charge is 2.00 e. The summed E-state index contributed by atoms with van der Waals surface area (Å²) in [6.45, 7) is 0. The van der Waals surface area contributed by atoms with Gasteiger partial charge >= 0.3 is 165 Å². The van der Waals surface area contributed by atoms with Crippen molar-refractivity contribution < 1.29 is 137 Å². The summed E-state index contributed by atoms with van der Waals surface area (Å²) in [6.07, 6.45) is 0. The van der Waals surface area contributed by atoms with Crippen molar-refractivity contribution in [2.45, 2.75) is 0 Å². The topological polar surface area (TPSA) is 223 Å². The van der Waals surface area contributed by atoms with Gasteiger partial charge in [-0.1, -0.05) is 0 Å². The minimum atomic E-state index is -5.62. The van der Waals surface area contributed by atoms with Gasteiger partial charge in [0, 0.05) is 0 Å². The summed E-state index contributed by atoms with van der Waals surface area (Å²) in [4.78, 5) is 0. The third kappa shape index (κ3) is 989. The van der Waals surface area contributed by atoms with Crippen molar-refractivity contribution in [2.24, 2.45) is 0 Å². The summed E-state index contributed by atoms with van der Waals surface area (Å²) < 4.78 is 103. The van der Waals surface area contributed by atoms with Crippen molar-refractivity contribution >= 4 is 27.3 Å². The first-order valence-corrected chi connectivity index (χ1v) is 7.63. The maximum Gasteiger partial charge on any atom is 2.00 e. The monoisotopic (exact) mass is 604 g/mol. The summed E-state index contributed by atoms with van der Waals surface area (Å²) >= 11 is -16.9. The Morgan fingerprint density at radius 2 is 0.471 bits per heavy atom. The second-order valence-electron chi connectivity index (χ2n) is 1.13. The van der Waals surface area contributed by atoms with Crippen LogP contribution in [0.2, 0.25) is 0 Å². The summed E-state index contributed by atoms with van der Waals surface area (Å²) in [5.74, 6) is 0. The van der Waals surface area contributed by atoms with Crippen molar-refractivity contribution in [3.05, 3.63) is 0 Å². The van der Waals surface area contributed by atoms with Gasteiger partial charge in [0.25, 0.3) is 0 Å². The van der Waals surface area contributed by atoms with Crippen molar-refractivity contribution in [1.29, 1.82) is 0 Å². The zero-order valence-corrected chi connectivity index (χ0v) is 18.1. The largest absolute Gasteiger partial charge is 2.00 e. The number of rotatable bonds is 0.